The number of hydrogen-bond acceptors (Lipinski definition) is 2. The van der Waals surface area contributed by atoms with E-state index in [1.165, 1.54) is 0 Å². The summed E-state index contributed by atoms with van der Waals surface area (Å²) in [5.74, 6) is -0.912. The zero-order valence-corrected chi connectivity index (χ0v) is 9.77. The van der Waals surface area contributed by atoms with Gasteiger partial charge in [0.15, 0.2) is 0 Å². The summed E-state index contributed by atoms with van der Waals surface area (Å²) in [6.07, 6.45) is 1.81. The van der Waals surface area contributed by atoms with Crippen molar-refractivity contribution < 1.29 is 9.90 Å². The summed E-state index contributed by atoms with van der Waals surface area (Å²) in [4.78, 5) is 15.1. The fourth-order valence-corrected chi connectivity index (χ4v) is 1.79. The van der Waals surface area contributed by atoms with Gasteiger partial charge in [0.25, 0.3) is 0 Å². The molecule has 0 fully saturated rings. The SMILES string of the molecule is Cc1cnc(-c2ccc(C(=O)O)cc2)c(C)c1. The maximum absolute atomic E-state index is 10.7. The lowest BCUT2D eigenvalue weighted by molar-refractivity contribution is 0.0697. The van der Waals surface area contributed by atoms with Crippen LogP contribution in [0, 0.1) is 13.8 Å². The molecule has 86 valence electrons. The van der Waals surface area contributed by atoms with Gasteiger partial charge in [-0.3, -0.25) is 4.98 Å². The maximum atomic E-state index is 10.7. The van der Waals surface area contributed by atoms with Crippen LogP contribution in [0.5, 0.6) is 0 Å². The van der Waals surface area contributed by atoms with Gasteiger partial charge in [-0.1, -0.05) is 18.2 Å². The van der Waals surface area contributed by atoms with Crippen molar-refractivity contribution in [2.24, 2.45) is 0 Å². The van der Waals surface area contributed by atoms with E-state index in [9.17, 15) is 4.79 Å². The Morgan fingerprint density at radius 2 is 1.82 bits per heavy atom. The highest BCUT2D eigenvalue weighted by Crippen LogP contribution is 2.21. The summed E-state index contributed by atoms with van der Waals surface area (Å²) in [7, 11) is 0. The molecule has 0 spiro atoms. The first-order valence-electron chi connectivity index (χ1n) is 5.35. The molecule has 0 aliphatic carbocycles. The Morgan fingerprint density at radius 1 is 1.18 bits per heavy atom. The molecule has 1 aromatic carbocycles. The second kappa shape index (κ2) is 4.37. The highest BCUT2D eigenvalue weighted by Gasteiger charge is 2.06. The predicted octanol–water partition coefficient (Wildman–Crippen LogP) is 3.06. The van der Waals surface area contributed by atoms with Crippen LogP contribution in [-0.2, 0) is 0 Å². The molecule has 0 atom stereocenters. The highest BCUT2D eigenvalue weighted by atomic mass is 16.4. The second-order valence-corrected chi connectivity index (χ2v) is 4.06. The van der Waals surface area contributed by atoms with Crippen LogP contribution >= 0.6 is 0 Å². The van der Waals surface area contributed by atoms with Crippen molar-refractivity contribution >= 4 is 5.97 Å². The average molecular weight is 227 g/mol. The number of nitrogens with zero attached hydrogens (tertiary/aromatic N) is 1. The fraction of sp³-hybridized carbons (Fsp3) is 0.143. The van der Waals surface area contributed by atoms with Crippen LogP contribution in [0.1, 0.15) is 21.5 Å². The van der Waals surface area contributed by atoms with Crippen LogP contribution in [0.4, 0.5) is 0 Å². The van der Waals surface area contributed by atoms with Crippen molar-refractivity contribution in [3.8, 4) is 11.3 Å². The van der Waals surface area contributed by atoms with Crippen molar-refractivity contribution in [3.05, 3.63) is 53.2 Å². The molecule has 1 aromatic heterocycles. The zero-order valence-electron chi connectivity index (χ0n) is 9.77. The minimum atomic E-state index is -0.912. The summed E-state index contributed by atoms with van der Waals surface area (Å²) in [5, 5.41) is 8.82. The third kappa shape index (κ3) is 2.33. The largest absolute Gasteiger partial charge is 0.478 e. The van der Waals surface area contributed by atoms with Crippen molar-refractivity contribution in [1.82, 2.24) is 4.98 Å². The number of aryl methyl sites for hydroxylation is 2. The quantitative estimate of drug-likeness (QED) is 0.857. The summed E-state index contributed by atoms with van der Waals surface area (Å²) in [6.45, 7) is 4.00. The minimum Gasteiger partial charge on any atom is -0.478 e. The Hall–Kier alpha value is -2.16. The Balaban J connectivity index is 2.43. The van der Waals surface area contributed by atoms with Crippen molar-refractivity contribution in [1.29, 1.82) is 0 Å². The molecule has 1 heterocycles. The number of carboxylic acids is 1. The van der Waals surface area contributed by atoms with E-state index in [4.69, 9.17) is 5.11 Å². The normalized spacial score (nSPS) is 10.2. The first kappa shape index (κ1) is 11.3. The number of hydrogen-bond donors (Lipinski definition) is 1. The van der Waals surface area contributed by atoms with E-state index < -0.39 is 5.97 Å². The molecule has 0 aliphatic heterocycles. The van der Waals surface area contributed by atoms with Gasteiger partial charge in [0.2, 0.25) is 0 Å². The molecule has 0 unspecified atom stereocenters. The molecule has 0 aliphatic rings. The number of benzene rings is 1. The third-order valence-electron chi connectivity index (χ3n) is 2.62. The van der Waals surface area contributed by atoms with E-state index in [2.05, 4.69) is 11.1 Å². The minimum absolute atomic E-state index is 0.290. The molecule has 1 N–H and O–H groups in total. The molecule has 2 rings (SSSR count). The number of aromatic carboxylic acids is 1. The van der Waals surface area contributed by atoms with E-state index >= 15 is 0 Å². The highest BCUT2D eigenvalue weighted by molar-refractivity contribution is 5.88. The lowest BCUT2D eigenvalue weighted by atomic mass is 10.0. The smallest absolute Gasteiger partial charge is 0.335 e. The average Bonchev–Trinajstić information content (AvgIpc) is 2.29. The molecule has 3 heteroatoms. The Morgan fingerprint density at radius 3 is 2.35 bits per heavy atom. The van der Waals surface area contributed by atoms with Gasteiger partial charge >= 0.3 is 5.97 Å². The Bertz CT molecular complexity index is 559. The topological polar surface area (TPSA) is 50.2 Å². The van der Waals surface area contributed by atoms with Crippen LogP contribution in [-0.4, -0.2) is 16.1 Å². The van der Waals surface area contributed by atoms with Crippen LogP contribution in [0.2, 0.25) is 0 Å². The van der Waals surface area contributed by atoms with Gasteiger partial charge in [0, 0.05) is 11.8 Å². The summed E-state index contributed by atoms with van der Waals surface area (Å²) < 4.78 is 0. The van der Waals surface area contributed by atoms with E-state index in [0.29, 0.717) is 5.56 Å². The molecular formula is C14H13NO2. The molecule has 0 bridgehead atoms. The molecule has 0 saturated carbocycles. The summed E-state index contributed by atoms with van der Waals surface area (Å²) in [6, 6.07) is 8.83. The lowest BCUT2D eigenvalue weighted by Crippen LogP contribution is -1.96. The number of carbonyl (C=O) groups is 1. The Labute approximate surface area is 99.8 Å². The van der Waals surface area contributed by atoms with Crippen LogP contribution in [0.3, 0.4) is 0 Å². The van der Waals surface area contributed by atoms with Crippen molar-refractivity contribution in [2.75, 3.05) is 0 Å². The molecule has 0 saturated heterocycles. The van der Waals surface area contributed by atoms with Gasteiger partial charge in [-0.05, 0) is 37.1 Å². The van der Waals surface area contributed by atoms with Gasteiger partial charge in [0.05, 0.1) is 11.3 Å². The van der Waals surface area contributed by atoms with E-state index in [0.717, 1.165) is 22.4 Å². The first-order valence-corrected chi connectivity index (χ1v) is 5.35. The number of carboxylic acid groups (broad SMARTS) is 1. The van der Waals surface area contributed by atoms with Crippen LogP contribution in [0.25, 0.3) is 11.3 Å². The third-order valence-corrected chi connectivity index (χ3v) is 2.62. The second-order valence-electron chi connectivity index (χ2n) is 4.06. The zero-order chi connectivity index (χ0) is 12.4. The monoisotopic (exact) mass is 227 g/mol. The van der Waals surface area contributed by atoms with Crippen LogP contribution in [0.15, 0.2) is 36.5 Å². The fourth-order valence-electron chi connectivity index (χ4n) is 1.79. The van der Waals surface area contributed by atoms with E-state index in [-0.39, 0.29) is 0 Å². The summed E-state index contributed by atoms with van der Waals surface area (Å²) in [5.41, 5.74) is 4.33. The number of rotatable bonds is 2. The number of pyridine rings is 1. The molecule has 3 nitrogen and oxygen atoms in total. The molecular weight excluding hydrogens is 214 g/mol. The van der Waals surface area contributed by atoms with Gasteiger partial charge < -0.3 is 5.11 Å². The van der Waals surface area contributed by atoms with E-state index in [1.54, 1.807) is 24.3 Å². The van der Waals surface area contributed by atoms with Gasteiger partial charge in [-0.15, -0.1) is 0 Å². The summed E-state index contributed by atoms with van der Waals surface area (Å²) >= 11 is 0. The molecule has 0 radical (unpaired) electrons. The number of aromatic nitrogens is 1. The van der Waals surface area contributed by atoms with Gasteiger partial charge in [0.1, 0.15) is 0 Å². The predicted molar refractivity (Wildman–Crippen MR) is 66.1 cm³/mol. The molecule has 2 aromatic rings. The molecule has 0 amide bonds. The van der Waals surface area contributed by atoms with Gasteiger partial charge in [-0.2, -0.15) is 0 Å². The van der Waals surface area contributed by atoms with Crippen molar-refractivity contribution in [2.45, 2.75) is 13.8 Å². The van der Waals surface area contributed by atoms with Gasteiger partial charge in [-0.25, -0.2) is 4.79 Å². The first-order chi connectivity index (χ1) is 8.08. The van der Waals surface area contributed by atoms with E-state index in [1.807, 2.05) is 20.0 Å². The lowest BCUT2D eigenvalue weighted by Gasteiger charge is -2.06. The van der Waals surface area contributed by atoms with Crippen LogP contribution < -0.4 is 0 Å². The van der Waals surface area contributed by atoms with Crippen molar-refractivity contribution in [3.63, 3.8) is 0 Å². The molecule has 17 heavy (non-hydrogen) atoms. The maximum Gasteiger partial charge on any atom is 0.335 e. The Kier molecular flexibility index (Phi) is 2.91. The standard InChI is InChI=1S/C14H13NO2/c1-9-7-10(2)13(15-8-9)11-3-5-12(6-4-11)14(16)17/h3-8H,1-2H3,(H,16,17).